The topological polar surface area (TPSA) is 111 Å². The second-order valence-electron chi connectivity index (χ2n) is 12.5. The molecule has 6 atom stereocenters. The number of aromatic nitrogens is 1. The second-order valence-corrected chi connectivity index (χ2v) is 14.5. The van der Waals surface area contributed by atoms with Gasteiger partial charge in [-0.15, -0.1) is 23.2 Å². The Morgan fingerprint density at radius 1 is 0.920 bits per heavy atom. The van der Waals surface area contributed by atoms with E-state index in [0.717, 1.165) is 28.1 Å². The molecule has 2 aromatic carbocycles. The summed E-state index contributed by atoms with van der Waals surface area (Å²) in [5.41, 5.74) is -0.769. The number of hydrazine groups is 1. The molecule has 2 saturated heterocycles. The third-order valence-electron chi connectivity index (χ3n) is 9.89. The molecule has 2 aliphatic carbocycles. The van der Waals surface area contributed by atoms with E-state index in [1.807, 2.05) is 0 Å². The summed E-state index contributed by atoms with van der Waals surface area (Å²) in [6.07, 6.45) is -3.71. The smallest absolute Gasteiger partial charge is 0.433 e. The summed E-state index contributed by atoms with van der Waals surface area (Å²) in [4.78, 5) is 56.7. The van der Waals surface area contributed by atoms with Gasteiger partial charge in [-0.3, -0.25) is 24.2 Å². The van der Waals surface area contributed by atoms with Crippen LogP contribution in [-0.4, -0.2) is 55.5 Å². The van der Waals surface area contributed by atoms with Gasteiger partial charge < -0.3 is 5.11 Å². The number of nitrogens with zero attached hydrogens (tertiary/aromatic N) is 4. The van der Waals surface area contributed by atoms with Gasteiger partial charge in [0.05, 0.1) is 22.5 Å². The fraction of sp³-hybridized carbons (Fsp3) is 0.303. The third kappa shape index (κ3) is 4.76. The summed E-state index contributed by atoms with van der Waals surface area (Å²) in [7, 11) is 1.17. The van der Waals surface area contributed by atoms with E-state index in [0.29, 0.717) is 16.6 Å². The van der Waals surface area contributed by atoms with E-state index in [1.165, 1.54) is 37.4 Å². The summed E-state index contributed by atoms with van der Waals surface area (Å²) in [6.45, 7) is 0. The first kappa shape index (κ1) is 34.5. The van der Waals surface area contributed by atoms with E-state index in [2.05, 4.69) is 4.98 Å². The number of amides is 4. The van der Waals surface area contributed by atoms with Crippen LogP contribution in [0.4, 0.5) is 29.1 Å². The molecule has 17 heteroatoms. The number of halogens is 8. The molecular weight excluding hydrogens is 750 g/mol. The Bertz CT molecular complexity index is 2050. The molecule has 0 bridgehead atoms. The predicted octanol–water partition coefficient (Wildman–Crippen LogP) is 6.87. The van der Waals surface area contributed by atoms with Crippen LogP contribution in [0.1, 0.15) is 30.0 Å². The van der Waals surface area contributed by atoms with Gasteiger partial charge in [-0.05, 0) is 72.9 Å². The third-order valence-corrected chi connectivity index (χ3v) is 11.9. The van der Waals surface area contributed by atoms with Crippen molar-refractivity contribution in [2.24, 2.45) is 17.8 Å². The maximum absolute atomic E-state index is 14.4. The first-order chi connectivity index (χ1) is 23.4. The minimum Gasteiger partial charge on any atom is -0.508 e. The lowest BCUT2D eigenvalue weighted by molar-refractivity contribution is -0.141. The molecule has 1 saturated carbocycles. The molecule has 0 radical (unpaired) electrons. The number of aromatic hydroxyl groups is 1. The van der Waals surface area contributed by atoms with Gasteiger partial charge in [0.2, 0.25) is 0 Å². The minimum absolute atomic E-state index is 0.0217. The molecule has 2 aliphatic heterocycles. The molecule has 50 heavy (non-hydrogen) atoms. The van der Waals surface area contributed by atoms with E-state index < -0.39 is 87.0 Å². The van der Waals surface area contributed by atoms with E-state index >= 15 is 0 Å². The number of hydrogen-bond donors (Lipinski definition) is 1. The summed E-state index contributed by atoms with van der Waals surface area (Å²) in [6, 6.07) is 9.99. The molecule has 9 nitrogen and oxygen atoms in total. The Balaban J connectivity index is 1.35. The fourth-order valence-electron chi connectivity index (χ4n) is 7.68. The summed E-state index contributed by atoms with van der Waals surface area (Å²) in [5, 5.41) is 11.3. The fourth-order valence-corrected chi connectivity index (χ4v) is 9.12. The zero-order valence-electron chi connectivity index (χ0n) is 25.4. The van der Waals surface area contributed by atoms with Crippen LogP contribution in [0.15, 0.2) is 66.2 Å². The molecule has 0 spiro atoms. The number of anilines is 2. The van der Waals surface area contributed by atoms with Gasteiger partial charge in [-0.2, -0.15) is 18.2 Å². The van der Waals surface area contributed by atoms with Crippen molar-refractivity contribution in [3.63, 3.8) is 0 Å². The van der Waals surface area contributed by atoms with Crippen molar-refractivity contribution in [1.82, 2.24) is 9.99 Å². The zero-order valence-corrected chi connectivity index (χ0v) is 28.4. The molecule has 4 aliphatic rings. The molecule has 260 valence electrons. The number of alkyl halides is 5. The van der Waals surface area contributed by atoms with Crippen LogP contribution in [0.3, 0.4) is 0 Å². The molecule has 1 aromatic heterocycles. The molecule has 1 N–H and O–H groups in total. The molecule has 3 fully saturated rings. The first-order valence-corrected chi connectivity index (χ1v) is 16.5. The monoisotopic (exact) mass is 770 g/mol. The van der Waals surface area contributed by atoms with Crippen molar-refractivity contribution >= 4 is 81.5 Å². The Morgan fingerprint density at radius 3 is 2.24 bits per heavy atom. The lowest BCUT2D eigenvalue weighted by Crippen LogP contribution is -2.60. The van der Waals surface area contributed by atoms with Gasteiger partial charge in [0, 0.05) is 18.0 Å². The molecule has 7 rings (SSSR count). The molecular formula is C33H22Cl4F4N4O5. The van der Waals surface area contributed by atoms with Crippen LogP contribution in [0, 0.1) is 23.6 Å². The summed E-state index contributed by atoms with van der Waals surface area (Å²) in [5.74, 6) is -9.43. The van der Waals surface area contributed by atoms with Gasteiger partial charge in [0.15, 0.2) is 15.6 Å². The molecule has 3 heterocycles. The van der Waals surface area contributed by atoms with E-state index in [1.54, 1.807) is 6.08 Å². The SMILES string of the molecule is CN(c1nc(C(F)(F)F)ccc1Cl)N1C(=O)[C@H]2[C@H](CC=C3[C@H]2C[C@@]2(Cl)C(=O)N(c4ccc(F)cc4)C(=O)[C@@]2(Cl)[C@H]3c2ccc(O)cc2Cl)C1=O. The average Bonchev–Trinajstić information content (AvgIpc) is 3.39. The van der Waals surface area contributed by atoms with E-state index in [4.69, 9.17) is 46.4 Å². The highest BCUT2D eigenvalue weighted by Crippen LogP contribution is 2.66. The number of phenolic OH excluding ortho intramolecular Hbond substituents is 1. The van der Waals surface area contributed by atoms with Crippen LogP contribution in [0.25, 0.3) is 0 Å². The van der Waals surface area contributed by atoms with Crippen molar-refractivity contribution in [2.45, 2.75) is 34.7 Å². The Kier molecular flexibility index (Phi) is 7.98. The number of carbonyl (C=O) groups is 4. The van der Waals surface area contributed by atoms with Crippen LogP contribution < -0.4 is 9.91 Å². The number of carbonyl (C=O) groups excluding carboxylic acids is 4. The lowest BCUT2D eigenvalue weighted by atomic mass is 9.56. The Hall–Kier alpha value is -3.91. The average molecular weight is 772 g/mol. The number of allylic oxidation sites excluding steroid dienone is 2. The first-order valence-electron chi connectivity index (χ1n) is 15.0. The maximum atomic E-state index is 14.4. The number of pyridine rings is 1. The summed E-state index contributed by atoms with van der Waals surface area (Å²) < 4.78 is 54.5. The second kappa shape index (κ2) is 11.6. The number of imide groups is 2. The highest BCUT2D eigenvalue weighted by atomic mass is 35.5. The largest absolute Gasteiger partial charge is 0.508 e. The quantitative estimate of drug-likeness (QED) is 0.134. The van der Waals surface area contributed by atoms with Crippen LogP contribution >= 0.6 is 46.4 Å². The highest BCUT2D eigenvalue weighted by molar-refractivity contribution is 6.58. The van der Waals surface area contributed by atoms with Crippen LogP contribution in [0.5, 0.6) is 5.75 Å². The van der Waals surface area contributed by atoms with Gasteiger partial charge in [-0.25, -0.2) is 14.3 Å². The van der Waals surface area contributed by atoms with Gasteiger partial charge >= 0.3 is 6.18 Å². The summed E-state index contributed by atoms with van der Waals surface area (Å²) >= 11 is 27.4. The minimum atomic E-state index is -4.85. The zero-order chi connectivity index (χ0) is 36.2. The molecule has 0 unspecified atom stereocenters. The van der Waals surface area contributed by atoms with Gasteiger partial charge in [0.1, 0.15) is 17.3 Å². The van der Waals surface area contributed by atoms with Crippen LogP contribution in [0.2, 0.25) is 10.0 Å². The number of hydrogen-bond acceptors (Lipinski definition) is 7. The number of fused-ring (bicyclic) bond motifs is 4. The van der Waals surface area contributed by atoms with Crippen molar-refractivity contribution in [3.8, 4) is 5.75 Å². The van der Waals surface area contributed by atoms with Gasteiger partial charge in [-0.1, -0.05) is 40.9 Å². The normalized spacial score (nSPS) is 29.2. The number of benzene rings is 2. The molecule has 3 aromatic rings. The molecule has 4 amide bonds. The van der Waals surface area contributed by atoms with Crippen LogP contribution in [-0.2, 0) is 25.4 Å². The lowest BCUT2D eigenvalue weighted by Gasteiger charge is -2.50. The predicted molar refractivity (Wildman–Crippen MR) is 174 cm³/mol. The maximum Gasteiger partial charge on any atom is 0.433 e. The highest BCUT2D eigenvalue weighted by Gasteiger charge is 2.77. The van der Waals surface area contributed by atoms with E-state index in [-0.39, 0.29) is 33.5 Å². The van der Waals surface area contributed by atoms with Gasteiger partial charge in [0.25, 0.3) is 23.6 Å². The van der Waals surface area contributed by atoms with Crippen molar-refractivity contribution in [3.05, 3.63) is 93.4 Å². The Labute approximate surface area is 300 Å². The van der Waals surface area contributed by atoms with Crippen molar-refractivity contribution < 1.29 is 41.8 Å². The standard InChI is InChI=1S/C33H22Cl4F4N4O5/c1-43(26-21(34)10-11-23(42-26)33(39,40)41)45-27(47)19-9-8-17-20(24(19)28(45)48)13-31(36)29(49)44(15-4-2-14(38)3-5-15)30(50)32(31,37)25(17)18-7-6-16(46)12-22(18)35/h2-8,10-12,19-20,24-25,46H,9,13H2,1H3/t19-,20+,24-,25+,31+,32-/m0/s1. The van der Waals surface area contributed by atoms with E-state index in [9.17, 15) is 41.8 Å². The number of phenols is 1. The van der Waals surface area contributed by atoms with Crippen molar-refractivity contribution in [2.75, 3.05) is 17.0 Å². The Morgan fingerprint density at radius 2 is 1.60 bits per heavy atom. The number of rotatable bonds is 4. The van der Waals surface area contributed by atoms with Crippen molar-refractivity contribution in [1.29, 1.82) is 0 Å².